The van der Waals surface area contributed by atoms with Gasteiger partial charge in [0.1, 0.15) is 11.1 Å². The Hall–Kier alpha value is -2.30. The number of carbonyl (C=O) groups excluding carboxylic acids is 1. The highest BCUT2D eigenvalue weighted by Gasteiger charge is 2.15. The zero-order valence-electron chi connectivity index (χ0n) is 8.61. The molecule has 5 nitrogen and oxygen atoms in total. The van der Waals surface area contributed by atoms with E-state index in [1.807, 2.05) is 0 Å². The Labute approximate surface area is 90.7 Å². The van der Waals surface area contributed by atoms with Crippen LogP contribution in [0.5, 0.6) is 0 Å². The molecule has 0 aliphatic carbocycles. The maximum Gasteiger partial charge on any atom is 0.349 e. The second-order valence-electron chi connectivity index (χ2n) is 3.51. The average Bonchev–Trinajstić information content (AvgIpc) is 2.15. The molecule has 0 aliphatic rings. The van der Waals surface area contributed by atoms with E-state index in [1.54, 1.807) is 19.1 Å². The first-order valence-corrected chi connectivity index (χ1v) is 4.63. The number of amides is 1. The summed E-state index contributed by atoms with van der Waals surface area (Å²) in [6.07, 6.45) is 0. The Morgan fingerprint density at radius 1 is 1.38 bits per heavy atom. The molecule has 0 radical (unpaired) electrons. The summed E-state index contributed by atoms with van der Waals surface area (Å²) in [7, 11) is 0. The fourth-order valence-corrected chi connectivity index (χ4v) is 1.66. The quantitative estimate of drug-likeness (QED) is 0.545. The van der Waals surface area contributed by atoms with Crippen LogP contribution in [0.4, 0.5) is 5.69 Å². The molecule has 0 saturated carbocycles. The SMILES string of the molecule is Cc1c(C(N)=O)c(=O)oc2cc(N)ccc12. The number of anilines is 1. The number of nitrogens with two attached hydrogens (primary N) is 2. The summed E-state index contributed by atoms with van der Waals surface area (Å²) >= 11 is 0. The van der Waals surface area contributed by atoms with Crippen molar-refractivity contribution in [1.82, 2.24) is 0 Å². The van der Waals surface area contributed by atoms with Gasteiger partial charge in [0.05, 0.1) is 0 Å². The van der Waals surface area contributed by atoms with Gasteiger partial charge in [-0.25, -0.2) is 4.79 Å². The summed E-state index contributed by atoms with van der Waals surface area (Å²) in [5.41, 5.74) is 11.2. The second-order valence-corrected chi connectivity index (χ2v) is 3.51. The molecule has 1 amide bonds. The van der Waals surface area contributed by atoms with Crippen molar-refractivity contribution in [2.45, 2.75) is 6.92 Å². The standard InChI is InChI=1S/C11H10N2O3/c1-5-7-3-2-6(12)4-8(7)16-11(15)9(5)10(13)14/h2-4H,12H2,1H3,(H2,13,14). The third-order valence-electron chi connectivity index (χ3n) is 2.44. The predicted molar refractivity (Wildman–Crippen MR) is 60.2 cm³/mol. The van der Waals surface area contributed by atoms with E-state index < -0.39 is 11.5 Å². The third kappa shape index (κ3) is 1.42. The number of benzene rings is 1. The van der Waals surface area contributed by atoms with Crippen LogP contribution in [0.25, 0.3) is 11.0 Å². The van der Waals surface area contributed by atoms with Crippen LogP contribution in [-0.4, -0.2) is 5.91 Å². The van der Waals surface area contributed by atoms with Gasteiger partial charge in [0, 0.05) is 17.1 Å². The molecule has 1 aromatic carbocycles. The Morgan fingerprint density at radius 3 is 2.69 bits per heavy atom. The minimum Gasteiger partial charge on any atom is -0.422 e. The molecule has 2 rings (SSSR count). The van der Waals surface area contributed by atoms with Gasteiger partial charge in [-0.05, 0) is 24.6 Å². The van der Waals surface area contributed by atoms with E-state index >= 15 is 0 Å². The Morgan fingerprint density at radius 2 is 2.06 bits per heavy atom. The molecule has 1 aromatic heterocycles. The minimum atomic E-state index is -0.787. The Balaban J connectivity index is 2.94. The molecule has 5 heteroatoms. The predicted octanol–water partition coefficient (Wildman–Crippen LogP) is 0.783. The molecular weight excluding hydrogens is 208 g/mol. The van der Waals surface area contributed by atoms with Crippen molar-refractivity contribution in [2.24, 2.45) is 5.73 Å². The van der Waals surface area contributed by atoms with Gasteiger partial charge in [0.15, 0.2) is 0 Å². The Kier molecular flexibility index (Phi) is 2.16. The molecule has 16 heavy (non-hydrogen) atoms. The fourth-order valence-electron chi connectivity index (χ4n) is 1.66. The van der Waals surface area contributed by atoms with Crippen molar-refractivity contribution in [3.8, 4) is 0 Å². The number of nitrogen functional groups attached to an aromatic ring is 1. The summed E-state index contributed by atoms with van der Waals surface area (Å²) in [5.74, 6) is -0.787. The molecule has 0 atom stereocenters. The van der Waals surface area contributed by atoms with Gasteiger partial charge in [0.2, 0.25) is 0 Å². The lowest BCUT2D eigenvalue weighted by Crippen LogP contribution is -2.22. The summed E-state index contributed by atoms with van der Waals surface area (Å²) in [6.45, 7) is 1.65. The van der Waals surface area contributed by atoms with Crippen molar-refractivity contribution in [2.75, 3.05) is 5.73 Å². The van der Waals surface area contributed by atoms with Crippen LogP contribution < -0.4 is 17.1 Å². The summed E-state index contributed by atoms with van der Waals surface area (Å²) in [5, 5.41) is 0.655. The minimum absolute atomic E-state index is 0.114. The number of aryl methyl sites for hydroxylation is 1. The number of fused-ring (bicyclic) bond motifs is 1. The molecule has 0 spiro atoms. The normalized spacial score (nSPS) is 10.6. The number of primary amides is 1. The summed E-state index contributed by atoms with van der Waals surface area (Å²) < 4.78 is 4.98. The van der Waals surface area contributed by atoms with E-state index in [9.17, 15) is 9.59 Å². The molecule has 2 aromatic rings. The molecule has 4 N–H and O–H groups in total. The van der Waals surface area contributed by atoms with Crippen molar-refractivity contribution in [3.05, 3.63) is 39.7 Å². The maximum atomic E-state index is 11.5. The zero-order chi connectivity index (χ0) is 11.9. The van der Waals surface area contributed by atoms with Gasteiger partial charge in [-0.15, -0.1) is 0 Å². The first kappa shape index (κ1) is 10.2. The van der Waals surface area contributed by atoms with E-state index in [4.69, 9.17) is 15.9 Å². The van der Waals surface area contributed by atoms with Crippen LogP contribution in [0.2, 0.25) is 0 Å². The lowest BCUT2D eigenvalue weighted by atomic mass is 10.1. The molecule has 0 saturated heterocycles. The number of carbonyl (C=O) groups is 1. The molecule has 1 heterocycles. The topological polar surface area (TPSA) is 99.3 Å². The van der Waals surface area contributed by atoms with Crippen LogP contribution in [0.15, 0.2) is 27.4 Å². The maximum absolute atomic E-state index is 11.5. The van der Waals surface area contributed by atoms with E-state index in [1.165, 1.54) is 6.07 Å². The first-order chi connectivity index (χ1) is 7.50. The van der Waals surface area contributed by atoms with Gasteiger partial charge >= 0.3 is 5.63 Å². The average molecular weight is 218 g/mol. The van der Waals surface area contributed by atoms with Crippen molar-refractivity contribution in [3.63, 3.8) is 0 Å². The molecular formula is C11H10N2O3. The lowest BCUT2D eigenvalue weighted by molar-refractivity contribution is 0.0996. The van der Waals surface area contributed by atoms with E-state index in [-0.39, 0.29) is 5.56 Å². The van der Waals surface area contributed by atoms with E-state index in [0.717, 1.165) is 0 Å². The van der Waals surface area contributed by atoms with Crippen LogP contribution >= 0.6 is 0 Å². The molecule has 0 aliphatic heterocycles. The van der Waals surface area contributed by atoms with E-state index in [0.29, 0.717) is 22.2 Å². The summed E-state index contributed by atoms with van der Waals surface area (Å²) in [6, 6.07) is 4.89. The van der Waals surface area contributed by atoms with Gasteiger partial charge in [-0.3, -0.25) is 4.79 Å². The highest BCUT2D eigenvalue weighted by atomic mass is 16.4. The highest BCUT2D eigenvalue weighted by Crippen LogP contribution is 2.21. The van der Waals surface area contributed by atoms with Crippen molar-refractivity contribution < 1.29 is 9.21 Å². The number of hydrogen-bond acceptors (Lipinski definition) is 4. The van der Waals surface area contributed by atoms with Gasteiger partial charge in [-0.1, -0.05) is 0 Å². The van der Waals surface area contributed by atoms with Gasteiger partial charge in [0.25, 0.3) is 5.91 Å². The zero-order valence-corrected chi connectivity index (χ0v) is 8.61. The third-order valence-corrected chi connectivity index (χ3v) is 2.44. The largest absolute Gasteiger partial charge is 0.422 e. The first-order valence-electron chi connectivity index (χ1n) is 4.63. The van der Waals surface area contributed by atoms with Crippen LogP contribution in [0, 0.1) is 6.92 Å². The molecule has 0 fully saturated rings. The second kappa shape index (κ2) is 3.37. The monoisotopic (exact) mass is 218 g/mol. The van der Waals surface area contributed by atoms with Crippen molar-refractivity contribution in [1.29, 1.82) is 0 Å². The van der Waals surface area contributed by atoms with Crippen LogP contribution in [0.3, 0.4) is 0 Å². The smallest absolute Gasteiger partial charge is 0.349 e. The molecule has 82 valence electrons. The molecule has 0 bridgehead atoms. The molecule has 0 unspecified atom stereocenters. The fraction of sp³-hybridized carbons (Fsp3) is 0.0909. The number of hydrogen-bond donors (Lipinski definition) is 2. The lowest BCUT2D eigenvalue weighted by Gasteiger charge is -2.04. The summed E-state index contributed by atoms with van der Waals surface area (Å²) in [4.78, 5) is 22.6. The Bertz CT molecular complexity index is 643. The van der Waals surface area contributed by atoms with E-state index in [2.05, 4.69) is 0 Å². The van der Waals surface area contributed by atoms with Crippen LogP contribution in [-0.2, 0) is 0 Å². The van der Waals surface area contributed by atoms with Crippen LogP contribution in [0.1, 0.15) is 15.9 Å². The highest BCUT2D eigenvalue weighted by molar-refractivity contribution is 5.98. The van der Waals surface area contributed by atoms with Gasteiger partial charge < -0.3 is 15.9 Å². The van der Waals surface area contributed by atoms with Gasteiger partial charge in [-0.2, -0.15) is 0 Å². The van der Waals surface area contributed by atoms with Crippen molar-refractivity contribution >= 4 is 22.6 Å². The number of rotatable bonds is 1.